The molecule has 0 aliphatic rings. The summed E-state index contributed by atoms with van der Waals surface area (Å²) in [6.45, 7) is 3.61. The first-order chi connectivity index (χ1) is 6.51. The van der Waals surface area contributed by atoms with Gasteiger partial charge in [0.15, 0.2) is 0 Å². The van der Waals surface area contributed by atoms with Gasteiger partial charge in [-0.2, -0.15) is 0 Å². The van der Waals surface area contributed by atoms with Crippen LogP contribution in [-0.4, -0.2) is 37.9 Å². The minimum absolute atomic E-state index is 0.0613. The molecule has 0 fully saturated rings. The van der Waals surface area contributed by atoms with E-state index in [0.717, 1.165) is 0 Å². The van der Waals surface area contributed by atoms with Crippen molar-refractivity contribution in [3.63, 3.8) is 0 Å². The molecule has 5 nitrogen and oxygen atoms in total. The van der Waals surface area contributed by atoms with Crippen LogP contribution in [0.2, 0.25) is 0 Å². The maximum absolute atomic E-state index is 11.1. The van der Waals surface area contributed by atoms with Gasteiger partial charge in [0.25, 0.3) is 0 Å². The molecule has 5 heteroatoms. The lowest BCUT2D eigenvalue weighted by molar-refractivity contribution is -0.140. The van der Waals surface area contributed by atoms with Crippen LogP contribution >= 0.6 is 0 Å². The molecule has 0 unspecified atom stereocenters. The van der Waals surface area contributed by atoms with Crippen molar-refractivity contribution in [2.45, 2.75) is 26.3 Å². The average molecular weight is 201 g/mol. The number of carbonyl (C=O) groups is 2. The number of nitrogens with zero attached hydrogens (tertiary/aromatic N) is 1. The minimum atomic E-state index is -0.593. The zero-order valence-corrected chi connectivity index (χ0v) is 8.86. The zero-order chi connectivity index (χ0) is 11.1. The second kappa shape index (κ2) is 6.12. The van der Waals surface area contributed by atoms with Crippen LogP contribution in [0.15, 0.2) is 4.99 Å². The molecule has 0 spiro atoms. The van der Waals surface area contributed by atoms with E-state index in [1.165, 1.54) is 14.2 Å². The molecule has 0 aliphatic carbocycles. The van der Waals surface area contributed by atoms with Crippen molar-refractivity contribution in [1.29, 1.82) is 0 Å². The predicted octanol–water partition coefficient (Wildman–Crippen LogP) is 0.572. The Morgan fingerprint density at radius 3 is 2.14 bits per heavy atom. The van der Waals surface area contributed by atoms with Crippen LogP contribution in [0.25, 0.3) is 0 Å². The molecule has 14 heavy (non-hydrogen) atoms. The summed E-state index contributed by atoms with van der Waals surface area (Å²) in [5, 5.41) is 0. The lowest BCUT2D eigenvalue weighted by Gasteiger charge is -2.05. The van der Waals surface area contributed by atoms with Crippen molar-refractivity contribution in [2.24, 2.45) is 4.99 Å². The summed E-state index contributed by atoms with van der Waals surface area (Å²) in [7, 11) is 2.50. The molecule has 0 amide bonds. The van der Waals surface area contributed by atoms with Gasteiger partial charge in [0.05, 0.1) is 20.6 Å². The highest BCUT2D eigenvalue weighted by molar-refractivity contribution is 6.39. The molecule has 0 aliphatic heterocycles. The summed E-state index contributed by atoms with van der Waals surface area (Å²) >= 11 is 0. The second-order valence-corrected chi connectivity index (χ2v) is 2.91. The van der Waals surface area contributed by atoms with Crippen LogP contribution in [0, 0.1) is 0 Å². The monoisotopic (exact) mass is 201 g/mol. The zero-order valence-electron chi connectivity index (χ0n) is 8.86. The third kappa shape index (κ3) is 4.59. The molecule has 0 radical (unpaired) electrons. The highest BCUT2D eigenvalue weighted by Gasteiger charge is 2.16. The number of ether oxygens (including phenoxy) is 2. The van der Waals surface area contributed by atoms with E-state index in [4.69, 9.17) is 0 Å². The van der Waals surface area contributed by atoms with Crippen molar-refractivity contribution in [1.82, 2.24) is 0 Å². The van der Waals surface area contributed by atoms with E-state index in [1.54, 1.807) is 13.8 Å². The first-order valence-electron chi connectivity index (χ1n) is 4.23. The number of hydrogen-bond acceptors (Lipinski definition) is 5. The maximum atomic E-state index is 11.1. The van der Waals surface area contributed by atoms with E-state index in [1.807, 2.05) is 0 Å². The van der Waals surface area contributed by atoms with Gasteiger partial charge in [-0.15, -0.1) is 0 Å². The van der Waals surface area contributed by atoms with Crippen molar-refractivity contribution in [3.05, 3.63) is 0 Å². The fraction of sp³-hybridized carbons (Fsp3) is 0.667. The van der Waals surface area contributed by atoms with Gasteiger partial charge in [0.2, 0.25) is 0 Å². The second-order valence-electron chi connectivity index (χ2n) is 2.91. The molecule has 0 aromatic carbocycles. The normalized spacial score (nSPS) is 11.4. The van der Waals surface area contributed by atoms with Crippen LogP contribution < -0.4 is 0 Å². The van der Waals surface area contributed by atoms with E-state index in [0.29, 0.717) is 0 Å². The van der Waals surface area contributed by atoms with E-state index < -0.39 is 11.9 Å². The maximum Gasteiger partial charge on any atom is 0.352 e. The Balaban J connectivity index is 4.57. The smallest absolute Gasteiger partial charge is 0.352 e. The summed E-state index contributed by atoms with van der Waals surface area (Å²) in [6, 6.07) is -0.0613. The van der Waals surface area contributed by atoms with Gasteiger partial charge in [-0.25, -0.2) is 4.79 Å². The molecular weight excluding hydrogens is 186 g/mol. The summed E-state index contributed by atoms with van der Waals surface area (Å²) < 4.78 is 8.91. The molecule has 0 bridgehead atoms. The summed E-state index contributed by atoms with van der Waals surface area (Å²) in [4.78, 5) is 26.0. The minimum Gasteiger partial charge on any atom is -0.469 e. The molecular formula is C9H15NO4. The van der Waals surface area contributed by atoms with E-state index in [9.17, 15) is 9.59 Å². The largest absolute Gasteiger partial charge is 0.469 e. The van der Waals surface area contributed by atoms with Crippen molar-refractivity contribution in [3.8, 4) is 0 Å². The standard InChI is InChI=1S/C9H15NO4/c1-6(2)10-7(9(12)14-4)5-8(11)13-3/h6H,5H2,1-4H3. The molecule has 0 heterocycles. The quantitative estimate of drug-likeness (QED) is 0.492. The number of carbonyl (C=O) groups excluding carboxylic acids is 2. The van der Waals surface area contributed by atoms with Crippen molar-refractivity contribution >= 4 is 17.7 Å². The Bertz CT molecular complexity index is 245. The summed E-state index contributed by atoms with van der Waals surface area (Å²) in [6.07, 6.45) is -0.151. The van der Waals surface area contributed by atoms with Gasteiger partial charge in [0, 0.05) is 6.04 Å². The molecule has 0 aromatic rings. The third-order valence-corrected chi connectivity index (χ3v) is 1.37. The first kappa shape index (κ1) is 12.6. The van der Waals surface area contributed by atoms with Crippen molar-refractivity contribution in [2.75, 3.05) is 14.2 Å². The number of hydrogen-bond donors (Lipinski definition) is 0. The van der Waals surface area contributed by atoms with Gasteiger partial charge in [0.1, 0.15) is 5.71 Å². The lowest BCUT2D eigenvalue weighted by atomic mass is 10.2. The highest BCUT2D eigenvalue weighted by Crippen LogP contribution is 1.97. The molecule has 0 aromatic heterocycles. The Morgan fingerprint density at radius 1 is 1.21 bits per heavy atom. The molecule has 0 rings (SSSR count). The fourth-order valence-electron chi connectivity index (χ4n) is 0.809. The van der Waals surface area contributed by atoms with E-state index >= 15 is 0 Å². The van der Waals surface area contributed by atoms with Gasteiger partial charge in [-0.1, -0.05) is 0 Å². The Morgan fingerprint density at radius 2 is 1.79 bits per heavy atom. The Kier molecular flexibility index (Phi) is 5.52. The third-order valence-electron chi connectivity index (χ3n) is 1.37. The van der Waals surface area contributed by atoms with E-state index in [-0.39, 0.29) is 18.2 Å². The van der Waals surface area contributed by atoms with Crippen LogP contribution in [0.5, 0.6) is 0 Å². The topological polar surface area (TPSA) is 65.0 Å². The highest BCUT2D eigenvalue weighted by atomic mass is 16.5. The summed E-state index contributed by atoms with van der Waals surface area (Å²) in [5.41, 5.74) is 0.0920. The summed E-state index contributed by atoms with van der Waals surface area (Å²) in [5.74, 6) is -1.10. The van der Waals surface area contributed by atoms with Gasteiger partial charge >= 0.3 is 11.9 Å². The van der Waals surface area contributed by atoms with Crippen molar-refractivity contribution < 1.29 is 19.1 Å². The molecule has 0 N–H and O–H groups in total. The number of rotatable bonds is 4. The predicted molar refractivity (Wildman–Crippen MR) is 51.2 cm³/mol. The fourth-order valence-corrected chi connectivity index (χ4v) is 0.809. The lowest BCUT2D eigenvalue weighted by Crippen LogP contribution is -2.21. The van der Waals surface area contributed by atoms with Gasteiger partial charge in [-0.3, -0.25) is 9.79 Å². The molecule has 0 saturated carbocycles. The first-order valence-corrected chi connectivity index (χ1v) is 4.23. The van der Waals surface area contributed by atoms with Crippen LogP contribution in [0.4, 0.5) is 0 Å². The average Bonchev–Trinajstić information content (AvgIpc) is 2.14. The number of aliphatic imine (C=N–C) groups is 1. The van der Waals surface area contributed by atoms with Crippen LogP contribution in [0.1, 0.15) is 20.3 Å². The number of esters is 2. The molecule has 80 valence electrons. The van der Waals surface area contributed by atoms with Crippen LogP contribution in [0.3, 0.4) is 0 Å². The SMILES string of the molecule is COC(=O)CC(=NC(C)C)C(=O)OC. The van der Waals surface area contributed by atoms with Crippen LogP contribution in [-0.2, 0) is 19.1 Å². The number of methoxy groups -OCH3 is 2. The Hall–Kier alpha value is -1.39. The molecule has 0 saturated heterocycles. The molecule has 0 atom stereocenters. The van der Waals surface area contributed by atoms with Gasteiger partial charge < -0.3 is 9.47 Å². The van der Waals surface area contributed by atoms with Gasteiger partial charge in [-0.05, 0) is 13.8 Å². The Labute approximate surface area is 83.1 Å². The van der Waals surface area contributed by atoms with E-state index in [2.05, 4.69) is 14.5 Å².